The van der Waals surface area contributed by atoms with Crippen LogP contribution in [0.25, 0.3) is 0 Å². The maximum atomic E-state index is 11.4. The van der Waals surface area contributed by atoms with Gasteiger partial charge in [0.1, 0.15) is 18.1 Å². The van der Waals surface area contributed by atoms with E-state index < -0.39 is 6.10 Å². The van der Waals surface area contributed by atoms with Crippen LogP contribution < -0.4 is 9.47 Å². The van der Waals surface area contributed by atoms with E-state index in [1.165, 1.54) is 14.0 Å². The molecule has 0 bridgehead atoms. The van der Waals surface area contributed by atoms with Crippen LogP contribution in [0.5, 0.6) is 11.5 Å². The van der Waals surface area contributed by atoms with E-state index in [0.29, 0.717) is 23.5 Å². The van der Waals surface area contributed by atoms with Crippen LogP contribution in [0.3, 0.4) is 0 Å². The summed E-state index contributed by atoms with van der Waals surface area (Å²) in [5, 5.41) is 9.38. The number of Topliss-reactive ketones (excluding diaryl/α,β-unsaturated/α-hetero) is 1. The number of benzene rings is 1. The van der Waals surface area contributed by atoms with Gasteiger partial charge in [-0.25, -0.2) is 0 Å². The number of hydrogen-bond donors (Lipinski definition) is 1. The highest BCUT2D eigenvalue weighted by Crippen LogP contribution is 2.24. The molecule has 0 aliphatic rings. The zero-order valence-corrected chi connectivity index (χ0v) is 10.4. The van der Waals surface area contributed by atoms with Crippen molar-refractivity contribution in [3.63, 3.8) is 0 Å². The van der Waals surface area contributed by atoms with Crippen LogP contribution in [-0.4, -0.2) is 30.7 Å². The molecular formula is C13H18O4. The van der Waals surface area contributed by atoms with Crippen molar-refractivity contribution in [1.82, 2.24) is 0 Å². The fourth-order valence-electron chi connectivity index (χ4n) is 1.36. The van der Waals surface area contributed by atoms with E-state index in [1.54, 1.807) is 18.2 Å². The van der Waals surface area contributed by atoms with Crippen LogP contribution in [-0.2, 0) is 0 Å². The number of rotatable bonds is 6. The summed E-state index contributed by atoms with van der Waals surface area (Å²) in [4.78, 5) is 11.4. The lowest BCUT2D eigenvalue weighted by Gasteiger charge is -2.12. The standard InChI is InChI=1S/C13H18O4/c1-4-10(15)8-17-11-5-6-13(16-3)12(7-11)9(2)14/h5-7,10,15H,4,8H2,1-3H3/t10-/m0/s1. The maximum absolute atomic E-state index is 11.4. The van der Waals surface area contributed by atoms with E-state index in [4.69, 9.17) is 9.47 Å². The van der Waals surface area contributed by atoms with Gasteiger partial charge in [0.15, 0.2) is 5.78 Å². The van der Waals surface area contributed by atoms with E-state index in [0.717, 1.165) is 0 Å². The number of aliphatic hydroxyl groups is 1. The van der Waals surface area contributed by atoms with Crippen molar-refractivity contribution in [2.24, 2.45) is 0 Å². The predicted octanol–water partition coefficient (Wildman–Crippen LogP) is 2.05. The molecule has 4 heteroatoms. The van der Waals surface area contributed by atoms with Crippen molar-refractivity contribution in [2.75, 3.05) is 13.7 Å². The van der Waals surface area contributed by atoms with Gasteiger partial charge in [-0.2, -0.15) is 0 Å². The lowest BCUT2D eigenvalue weighted by atomic mass is 10.1. The first-order chi connectivity index (χ1) is 8.08. The summed E-state index contributed by atoms with van der Waals surface area (Å²) >= 11 is 0. The molecule has 0 aromatic heterocycles. The summed E-state index contributed by atoms with van der Waals surface area (Å²) in [5.74, 6) is 1.01. The molecular weight excluding hydrogens is 220 g/mol. The van der Waals surface area contributed by atoms with Crippen LogP contribution in [0.2, 0.25) is 0 Å². The van der Waals surface area contributed by atoms with Crippen molar-refractivity contribution >= 4 is 5.78 Å². The molecule has 94 valence electrons. The summed E-state index contributed by atoms with van der Waals surface area (Å²) in [6, 6.07) is 5.03. The van der Waals surface area contributed by atoms with E-state index >= 15 is 0 Å². The second-order valence-corrected chi connectivity index (χ2v) is 3.79. The fraction of sp³-hybridized carbons (Fsp3) is 0.462. The third-order valence-electron chi connectivity index (χ3n) is 2.46. The first kappa shape index (κ1) is 13.5. The predicted molar refractivity (Wildman–Crippen MR) is 64.8 cm³/mol. The van der Waals surface area contributed by atoms with Crippen LogP contribution in [0, 0.1) is 0 Å². The van der Waals surface area contributed by atoms with Gasteiger partial charge in [0, 0.05) is 0 Å². The lowest BCUT2D eigenvalue weighted by Crippen LogP contribution is -2.16. The molecule has 17 heavy (non-hydrogen) atoms. The molecule has 0 amide bonds. The number of methoxy groups -OCH3 is 1. The van der Waals surface area contributed by atoms with Crippen LogP contribution >= 0.6 is 0 Å². The largest absolute Gasteiger partial charge is 0.496 e. The van der Waals surface area contributed by atoms with Gasteiger partial charge in [0.25, 0.3) is 0 Å². The third kappa shape index (κ3) is 3.75. The minimum Gasteiger partial charge on any atom is -0.496 e. The van der Waals surface area contributed by atoms with Crippen molar-refractivity contribution in [1.29, 1.82) is 0 Å². The summed E-state index contributed by atoms with van der Waals surface area (Å²) in [6.07, 6.45) is 0.147. The third-order valence-corrected chi connectivity index (χ3v) is 2.46. The number of hydrogen-bond acceptors (Lipinski definition) is 4. The number of ketones is 1. The highest BCUT2D eigenvalue weighted by atomic mass is 16.5. The molecule has 0 spiro atoms. The molecule has 1 atom stereocenters. The molecule has 1 N–H and O–H groups in total. The van der Waals surface area contributed by atoms with Crippen molar-refractivity contribution in [3.8, 4) is 11.5 Å². The number of carbonyl (C=O) groups is 1. The lowest BCUT2D eigenvalue weighted by molar-refractivity contribution is 0.100. The molecule has 0 unspecified atom stereocenters. The molecule has 0 radical (unpaired) electrons. The Kier molecular flexibility index (Phi) is 4.97. The van der Waals surface area contributed by atoms with Crippen molar-refractivity contribution < 1.29 is 19.4 Å². The Morgan fingerprint density at radius 3 is 2.71 bits per heavy atom. The van der Waals surface area contributed by atoms with E-state index in [-0.39, 0.29) is 12.4 Å². The van der Waals surface area contributed by atoms with Crippen LogP contribution in [0.1, 0.15) is 30.6 Å². The van der Waals surface area contributed by atoms with Gasteiger partial charge in [-0.05, 0) is 31.5 Å². The number of aliphatic hydroxyl groups excluding tert-OH is 1. The van der Waals surface area contributed by atoms with E-state index in [1.807, 2.05) is 6.92 Å². The topological polar surface area (TPSA) is 55.8 Å². The Morgan fingerprint density at radius 1 is 1.47 bits per heavy atom. The van der Waals surface area contributed by atoms with Gasteiger partial charge >= 0.3 is 0 Å². The molecule has 1 aromatic carbocycles. The molecule has 1 aromatic rings. The molecule has 0 aliphatic carbocycles. The Morgan fingerprint density at radius 2 is 2.18 bits per heavy atom. The van der Waals surface area contributed by atoms with E-state index in [2.05, 4.69) is 0 Å². The first-order valence-electron chi connectivity index (χ1n) is 5.58. The van der Waals surface area contributed by atoms with Gasteiger partial charge in [-0.3, -0.25) is 4.79 Å². The summed E-state index contributed by atoms with van der Waals surface area (Å²) < 4.78 is 10.5. The second-order valence-electron chi connectivity index (χ2n) is 3.79. The Bertz CT molecular complexity index is 387. The average molecular weight is 238 g/mol. The second kappa shape index (κ2) is 6.25. The molecule has 0 saturated carbocycles. The molecule has 0 aliphatic heterocycles. The average Bonchev–Trinajstić information content (AvgIpc) is 2.35. The van der Waals surface area contributed by atoms with Crippen molar-refractivity contribution in [3.05, 3.63) is 23.8 Å². The summed E-state index contributed by atoms with van der Waals surface area (Å²) in [5.41, 5.74) is 0.482. The molecule has 0 fully saturated rings. The minimum atomic E-state index is -0.488. The fourth-order valence-corrected chi connectivity index (χ4v) is 1.36. The quantitative estimate of drug-likeness (QED) is 0.771. The van der Waals surface area contributed by atoms with Crippen molar-refractivity contribution in [2.45, 2.75) is 26.4 Å². The zero-order chi connectivity index (χ0) is 12.8. The van der Waals surface area contributed by atoms with Gasteiger partial charge in [0.05, 0.1) is 18.8 Å². The zero-order valence-electron chi connectivity index (χ0n) is 10.4. The minimum absolute atomic E-state index is 0.0802. The molecule has 0 saturated heterocycles. The number of ether oxygens (including phenoxy) is 2. The number of carbonyl (C=O) groups excluding carboxylic acids is 1. The highest BCUT2D eigenvalue weighted by molar-refractivity contribution is 5.97. The maximum Gasteiger partial charge on any atom is 0.163 e. The highest BCUT2D eigenvalue weighted by Gasteiger charge is 2.10. The molecule has 4 nitrogen and oxygen atoms in total. The normalized spacial score (nSPS) is 12.0. The summed E-state index contributed by atoms with van der Waals surface area (Å²) in [6.45, 7) is 3.58. The SMILES string of the molecule is CC[C@H](O)COc1ccc(OC)c(C(C)=O)c1. The Balaban J connectivity index is 2.81. The Labute approximate surface area is 101 Å². The molecule has 0 heterocycles. The Hall–Kier alpha value is -1.55. The smallest absolute Gasteiger partial charge is 0.163 e. The van der Waals surface area contributed by atoms with E-state index in [9.17, 15) is 9.90 Å². The van der Waals surface area contributed by atoms with Gasteiger partial charge in [-0.1, -0.05) is 6.92 Å². The molecule has 1 rings (SSSR count). The van der Waals surface area contributed by atoms with Crippen LogP contribution in [0.15, 0.2) is 18.2 Å². The van der Waals surface area contributed by atoms with Gasteiger partial charge in [0.2, 0.25) is 0 Å². The monoisotopic (exact) mass is 238 g/mol. The summed E-state index contributed by atoms with van der Waals surface area (Å²) in [7, 11) is 1.52. The first-order valence-corrected chi connectivity index (χ1v) is 5.58. The van der Waals surface area contributed by atoms with Gasteiger partial charge in [-0.15, -0.1) is 0 Å². The van der Waals surface area contributed by atoms with Gasteiger partial charge < -0.3 is 14.6 Å². The van der Waals surface area contributed by atoms with Crippen LogP contribution in [0.4, 0.5) is 0 Å².